The van der Waals surface area contributed by atoms with Crippen LogP contribution >= 0.6 is 23.4 Å². The smallest absolute Gasteiger partial charge is 0.364 e. The number of imide groups is 1. The molecule has 0 fully saturated rings. The number of methoxy groups -OCH3 is 1. The number of nitrogens with one attached hydrogen (secondary N) is 1. The summed E-state index contributed by atoms with van der Waals surface area (Å²) >= 11 is 5.48. The van der Waals surface area contributed by atoms with Crippen LogP contribution < -0.4 is 5.32 Å². The number of hydrogen-bond acceptors (Lipinski definition) is 4. The van der Waals surface area contributed by atoms with Crippen LogP contribution in [-0.2, 0) is 4.74 Å². The van der Waals surface area contributed by atoms with E-state index in [-0.39, 0.29) is 15.6 Å². The molecule has 0 heterocycles. The van der Waals surface area contributed by atoms with Crippen LogP contribution in [0.3, 0.4) is 0 Å². The summed E-state index contributed by atoms with van der Waals surface area (Å²) in [6.45, 7) is -0.655. The fraction of sp³-hybridized carbons (Fsp3) is 0.176. The first-order valence-corrected chi connectivity index (χ1v) is 8.84. The first-order chi connectivity index (χ1) is 13.5. The molecule has 3 amide bonds. The Bertz CT molecular complexity index is 906. The van der Waals surface area contributed by atoms with E-state index in [2.05, 4.69) is 5.32 Å². The number of benzene rings is 2. The van der Waals surface area contributed by atoms with Crippen molar-refractivity contribution in [3.63, 3.8) is 0 Å². The molecule has 0 radical (unpaired) electrons. The Morgan fingerprint density at radius 1 is 1.17 bits per heavy atom. The summed E-state index contributed by atoms with van der Waals surface area (Å²) in [5.41, 5.74) is -5.62. The van der Waals surface area contributed by atoms with Crippen LogP contribution in [0.5, 0.6) is 0 Å². The Kier molecular flexibility index (Phi) is 7.44. The quantitative estimate of drug-likeness (QED) is 0.368. The average Bonchev–Trinajstić information content (AvgIpc) is 2.60. The van der Waals surface area contributed by atoms with E-state index in [0.29, 0.717) is 4.90 Å². The molecule has 0 saturated heterocycles. The molecular formula is C17H12ClF5N2O3S. The van der Waals surface area contributed by atoms with E-state index in [4.69, 9.17) is 16.3 Å². The Morgan fingerprint density at radius 3 is 2.31 bits per heavy atom. The summed E-state index contributed by atoms with van der Waals surface area (Å²) in [6, 6.07) is 4.68. The number of hydrogen-bond donors (Lipinski definition) is 1. The lowest BCUT2D eigenvalue weighted by Crippen LogP contribution is -2.42. The Balaban J connectivity index is 2.25. The number of carbonyl (C=O) groups is 2. The van der Waals surface area contributed by atoms with Gasteiger partial charge >= 0.3 is 11.5 Å². The fourth-order valence-corrected chi connectivity index (χ4v) is 3.03. The van der Waals surface area contributed by atoms with Gasteiger partial charge in [0, 0.05) is 12.0 Å². The number of urea groups is 1. The molecule has 0 bridgehead atoms. The molecule has 2 aromatic carbocycles. The maximum Gasteiger partial charge on any atom is 0.446 e. The number of halogens is 6. The van der Waals surface area contributed by atoms with Crippen molar-refractivity contribution in [3.8, 4) is 0 Å². The van der Waals surface area contributed by atoms with Crippen LogP contribution in [-0.4, -0.2) is 36.2 Å². The molecule has 0 aliphatic heterocycles. The maximum absolute atomic E-state index is 13.9. The Morgan fingerprint density at radius 2 is 1.79 bits per heavy atom. The van der Waals surface area contributed by atoms with Crippen LogP contribution in [0.2, 0.25) is 5.02 Å². The highest BCUT2D eigenvalue weighted by Crippen LogP contribution is 2.39. The Labute approximate surface area is 170 Å². The lowest BCUT2D eigenvalue weighted by Gasteiger charge is -2.21. The van der Waals surface area contributed by atoms with Crippen molar-refractivity contribution >= 4 is 41.0 Å². The van der Waals surface area contributed by atoms with Gasteiger partial charge in [-0.15, -0.1) is 0 Å². The van der Waals surface area contributed by atoms with Crippen molar-refractivity contribution in [1.82, 2.24) is 4.90 Å². The number of ether oxygens (including phenoxy) is 1. The van der Waals surface area contributed by atoms with Crippen molar-refractivity contribution < 1.29 is 36.3 Å². The largest absolute Gasteiger partial charge is 0.446 e. The van der Waals surface area contributed by atoms with Gasteiger partial charge in [0.2, 0.25) is 0 Å². The van der Waals surface area contributed by atoms with Crippen molar-refractivity contribution in [3.05, 3.63) is 58.6 Å². The molecule has 29 heavy (non-hydrogen) atoms. The average molecular weight is 455 g/mol. The second-order valence-electron chi connectivity index (χ2n) is 5.37. The minimum absolute atomic E-state index is 0.119. The highest BCUT2D eigenvalue weighted by atomic mass is 35.5. The predicted octanol–water partition coefficient (Wildman–Crippen LogP) is 5.51. The number of nitrogens with zero attached hydrogens (tertiary/aromatic N) is 1. The topological polar surface area (TPSA) is 58.6 Å². The van der Waals surface area contributed by atoms with E-state index in [1.54, 1.807) is 0 Å². The molecular weight excluding hydrogens is 443 g/mol. The van der Waals surface area contributed by atoms with E-state index < -0.39 is 53.1 Å². The molecule has 0 spiro atoms. The molecule has 12 heteroatoms. The van der Waals surface area contributed by atoms with E-state index in [9.17, 15) is 31.5 Å². The van der Waals surface area contributed by atoms with E-state index in [1.807, 2.05) is 0 Å². The summed E-state index contributed by atoms with van der Waals surface area (Å²) in [7, 11) is 1.14. The van der Waals surface area contributed by atoms with Gasteiger partial charge in [0.05, 0.1) is 10.7 Å². The number of alkyl halides is 3. The number of amides is 3. The molecule has 0 atom stereocenters. The Hall–Kier alpha value is -2.37. The third-order valence-electron chi connectivity index (χ3n) is 3.34. The van der Waals surface area contributed by atoms with Crippen molar-refractivity contribution in [1.29, 1.82) is 0 Å². The zero-order chi connectivity index (χ0) is 21.8. The van der Waals surface area contributed by atoms with E-state index >= 15 is 0 Å². The standard InChI is InChI=1S/C17H12ClF5N2O3S/c1-28-8-25(15(26)14-11(19)3-2-4-12(14)20)16(27)24-13-6-5-9(7-10(13)18)29-17(21,22)23/h2-7H,8H2,1H3,(H,24,27). The molecule has 0 aromatic heterocycles. The van der Waals surface area contributed by atoms with E-state index in [1.165, 1.54) is 0 Å². The predicted molar refractivity (Wildman–Crippen MR) is 96.8 cm³/mol. The van der Waals surface area contributed by atoms with Crippen LogP contribution in [0.15, 0.2) is 41.3 Å². The molecule has 5 nitrogen and oxygen atoms in total. The molecule has 2 rings (SSSR count). The van der Waals surface area contributed by atoms with Gasteiger partial charge < -0.3 is 10.1 Å². The second-order valence-corrected chi connectivity index (χ2v) is 6.91. The molecule has 0 unspecified atom stereocenters. The first kappa shape index (κ1) is 22.9. The van der Waals surface area contributed by atoms with Gasteiger partial charge in [0.25, 0.3) is 5.91 Å². The first-order valence-electron chi connectivity index (χ1n) is 7.64. The summed E-state index contributed by atoms with van der Waals surface area (Å²) in [4.78, 5) is 25.0. The summed E-state index contributed by atoms with van der Waals surface area (Å²) in [5.74, 6) is -3.69. The van der Waals surface area contributed by atoms with Crippen molar-refractivity contribution in [2.75, 3.05) is 19.2 Å². The zero-order valence-electron chi connectivity index (χ0n) is 14.5. The molecule has 156 valence electrons. The normalized spacial score (nSPS) is 11.3. The highest BCUT2D eigenvalue weighted by Gasteiger charge is 2.30. The second kappa shape index (κ2) is 9.42. The lowest BCUT2D eigenvalue weighted by atomic mass is 10.1. The third kappa shape index (κ3) is 6.05. The van der Waals surface area contributed by atoms with Gasteiger partial charge in [-0.3, -0.25) is 4.79 Å². The maximum atomic E-state index is 13.9. The lowest BCUT2D eigenvalue weighted by molar-refractivity contribution is -0.0328. The van der Waals surface area contributed by atoms with Gasteiger partial charge in [-0.1, -0.05) is 17.7 Å². The van der Waals surface area contributed by atoms with Crippen molar-refractivity contribution in [2.24, 2.45) is 0 Å². The monoisotopic (exact) mass is 454 g/mol. The highest BCUT2D eigenvalue weighted by molar-refractivity contribution is 8.00. The molecule has 0 aliphatic carbocycles. The van der Waals surface area contributed by atoms with Crippen LogP contribution in [0.4, 0.5) is 32.4 Å². The number of thioether (sulfide) groups is 1. The van der Waals surface area contributed by atoms with Gasteiger partial charge in [0.15, 0.2) is 0 Å². The zero-order valence-corrected chi connectivity index (χ0v) is 16.1. The summed E-state index contributed by atoms with van der Waals surface area (Å²) in [6.07, 6.45) is 0. The molecule has 0 aliphatic rings. The summed E-state index contributed by atoms with van der Waals surface area (Å²) < 4.78 is 69.7. The van der Waals surface area contributed by atoms with Gasteiger partial charge in [-0.25, -0.2) is 18.5 Å². The number of anilines is 1. The molecule has 2 aromatic rings. The van der Waals surface area contributed by atoms with Gasteiger partial charge in [-0.05, 0) is 42.1 Å². The van der Waals surface area contributed by atoms with Crippen molar-refractivity contribution in [2.45, 2.75) is 10.4 Å². The SMILES string of the molecule is COCN(C(=O)Nc1ccc(SC(F)(F)F)cc1Cl)C(=O)c1c(F)cccc1F. The van der Waals surface area contributed by atoms with Gasteiger partial charge in [-0.2, -0.15) is 13.2 Å². The minimum atomic E-state index is -4.53. The summed E-state index contributed by atoms with van der Waals surface area (Å²) in [5, 5.41) is 1.95. The van der Waals surface area contributed by atoms with E-state index in [0.717, 1.165) is 43.5 Å². The van der Waals surface area contributed by atoms with Crippen LogP contribution in [0.25, 0.3) is 0 Å². The van der Waals surface area contributed by atoms with Gasteiger partial charge in [0.1, 0.15) is 23.9 Å². The van der Waals surface area contributed by atoms with Crippen LogP contribution in [0, 0.1) is 11.6 Å². The molecule has 0 saturated carbocycles. The number of rotatable bonds is 5. The number of carbonyl (C=O) groups excluding carboxylic acids is 2. The fourth-order valence-electron chi connectivity index (χ4n) is 2.15. The molecule has 1 N–H and O–H groups in total. The van der Waals surface area contributed by atoms with Crippen LogP contribution in [0.1, 0.15) is 10.4 Å². The third-order valence-corrected chi connectivity index (χ3v) is 4.37. The minimum Gasteiger partial charge on any atom is -0.364 e.